The molecule has 2 fully saturated rings. The van der Waals surface area contributed by atoms with Crippen LogP contribution in [0, 0.1) is 0 Å². The van der Waals surface area contributed by atoms with Crippen LogP contribution in [-0.4, -0.2) is 59.9 Å². The normalized spacial score (nSPS) is 19.2. The average molecular weight is 398 g/mol. The number of hydrogen-bond donors (Lipinski definition) is 0. The first-order valence-electron chi connectivity index (χ1n) is 9.12. The third-order valence-electron chi connectivity index (χ3n) is 5.08. The Labute approximate surface area is 160 Å². The first-order chi connectivity index (χ1) is 13.3. The Hall–Kier alpha value is -2.42. The molecule has 1 aromatic rings. The lowest BCUT2D eigenvalue weighted by Crippen LogP contribution is -2.55. The van der Waals surface area contributed by atoms with Gasteiger partial charge in [-0.3, -0.25) is 19.3 Å². The number of hydrogen-bond acceptors (Lipinski definition) is 4. The van der Waals surface area contributed by atoms with E-state index in [1.807, 2.05) is 0 Å². The van der Waals surface area contributed by atoms with Gasteiger partial charge in [0.15, 0.2) is 0 Å². The Morgan fingerprint density at radius 1 is 1.04 bits per heavy atom. The highest BCUT2D eigenvalue weighted by molar-refractivity contribution is 5.98. The number of imide groups is 1. The third kappa shape index (κ3) is 4.70. The number of carbonyl (C=O) groups excluding carboxylic acids is 3. The van der Waals surface area contributed by atoms with Crippen molar-refractivity contribution in [3.05, 3.63) is 35.4 Å². The molecule has 0 aromatic heterocycles. The minimum Gasteiger partial charge on any atom is -0.362 e. The molecule has 0 unspecified atom stereocenters. The number of piperidine rings is 1. The van der Waals surface area contributed by atoms with Gasteiger partial charge in [0, 0.05) is 25.6 Å². The van der Waals surface area contributed by atoms with Crippen LogP contribution < -0.4 is 0 Å². The van der Waals surface area contributed by atoms with E-state index >= 15 is 0 Å². The lowest BCUT2D eigenvalue weighted by Gasteiger charge is -2.38. The Balaban J connectivity index is 1.47. The smallest absolute Gasteiger partial charge is 0.362 e. The molecule has 0 aliphatic carbocycles. The predicted molar refractivity (Wildman–Crippen MR) is 92.0 cm³/mol. The zero-order valence-corrected chi connectivity index (χ0v) is 15.2. The van der Waals surface area contributed by atoms with Gasteiger partial charge in [0.05, 0.1) is 5.56 Å². The molecular formula is C19H21F3N2O4. The highest BCUT2D eigenvalue weighted by Gasteiger charge is 2.35. The lowest BCUT2D eigenvalue weighted by atomic mass is 10.0. The summed E-state index contributed by atoms with van der Waals surface area (Å²) < 4.78 is 42.6. The second-order valence-electron chi connectivity index (χ2n) is 6.96. The van der Waals surface area contributed by atoms with Crippen molar-refractivity contribution in [1.29, 1.82) is 0 Å². The Morgan fingerprint density at radius 2 is 1.61 bits per heavy atom. The minimum absolute atomic E-state index is 0.0852. The van der Waals surface area contributed by atoms with Crippen LogP contribution in [0.1, 0.15) is 30.4 Å². The maximum Gasteiger partial charge on any atom is 0.416 e. The number of amides is 3. The van der Waals surface area contributed by atoms with Crippen molar-refractivity contribution >= 4 is 17.7 Å². The summed E-state index contributed by atoms with van der Waals surface area (Å²) >= 11 is 0. The summed E-state index contributed by atoms with van der Waals surface area (Å²) in [5.74, 6) is -0.773. The van der Waals surface area contributed by atoms with Gasteiger partial charge in [-0.2, -0.15) is 13.2 Å². The van der Waals surface area contributed by atoms with Gasteiger partial charge >= 0.3 is 6.18 Å². The number of alkyl halides is 3. The van der Waals surface area contributed by atoms with Crippen molar-refractivity contribution in [1.82, 2.24) is 9.80 Å². The SMILES string of the molecule is O=C(CCc1ccc(C(F)(F)F)cc1)N1CCC(N2C(=O)COCC2=O)CC1. The van der Waals surface area contributed by atoms with Gasteiger partial charge in [-0.05, 0) is 37.0 Å². The summed E-state index contributed by atoms with van der Waals surface area (Å²) in [6, 6.07) is 4.59. The predicted octanol–water partition coefficient (Wildman–Crippen LogP) is 2.01. The summed E-state index contributed by atoms with van der Waals surface area (Å²) in [5, 5.41) is 0. The highest BCUT2D eigenvalue weighted by atomic mass is 19.4. The van der Waals surface area contributed by atoms with E-state index in [0.717, 1.165) is 12.1 Å². The van der Waals surface area contributed by atoms with Crippen molar-refractivity contribution < 1.29 is 32.3 Å². The van der Waals surface area contributed by atoms with Gasteiger partial charge in [0.1, 0.15) is 13.2 Å². The molecule has 28 heavy (non-hydrogen) atoms. The number of aryl methyl sites for hydroxylation is 1. The van der Waals surface area contributed by atoms with E-state index < -0.39 is 11.7 Å². The molecule has 2 aliphatic rings. The van der Waals surface area contributed by atoms with Crippen LogP contribution in [0.4, 0.5) is 13.2 Å². The molecule has 2 heterocycles. The molecule has 0 atom stereocenters. The van der Waals surface area contributed by atoms with Gasteiger partial charge in [-0.15, -0.1) is 0 Å². The van der Waals surface area contributed by atoms with Crippen molar-refractivity contribution in [3.8, 4) is 0 Å². The minimum atomic E-state index is -4.37. The number of ether oxygens (including phenoxy) is 1. The molecule has 0 radical (unpaired) electrons. The van der Waals surface area contributed by atoms with Crippen LogP contribution in [0.5, 0.6) is 0 Å². The molecule has 9 heteroatoms. The molecule has 1 aromatic carbocycles. The summed E-state index contributed by atoms with van der Waals surface area (Å²) in [5.41, 5.74) is -0.0439. The summed E-state index contributed by atoms with van der Waals surface area (Å²) in [4.78, 5) is 39.1. The largest absolute Gasteiger partial charge is 0.416 e. The van der Waals surface area contributed by atoms with Crippen molar-refractivity contribution in [3.63, 3.8) is 0 Å². The van der Waals surface area contributed by atoms with E-state index in [1.165, 1.54) is 17.0 Å². The molecule has 0 spiro atoms. The van der Waals surface area contributed by atoms with Crippen LogP contribution in [-0.2, 0) is 31.7 Å². The van der Waals surface area contributed by atoms with Crippen LogP contribution in [0.15, 0.2) is 24.3 Å². The molecule has 0 bridgehead atoms. The second-order valence-corrected chi connectivity index (χ2v) is 6.96. The summed E-state index contributed by atoms with van der Waals surface area (Å²) in [6.07, 6.45) is -2.78. The van der Waals surface area contributed by atoms with Crippen molar-refractivity contribution in [2.45, 2.75) is 37.9 Å². The molecule has 3 amide bonds. The summed E-state index contributed by atoms with van der Waals surface area (Å²) in [6.45, 7) is 0.679. The monoisotopic (exact) mass is 398 g/mol. The maximum atomic E-state index is 12.6. The number of benzene rings is 1. The second kappa shape index (κ2) is 8.30. The number of morpholine rings is 1. The fourth-order valence-electron chi connectivity index (χ4n) is 3.55. The molecule has 2 aliphatic heterocycles. The van der Waals surface area contributed by atoms with E-state index in [0.29, 0.717) is 37.9 Å². The standard InChI is InChI=1S/C19H21F3N2O4/c20-19(21,22)14-4-1-13(2-5-14)3-6-16(25)23-9-7-15(8-10-23)24-17(26)11-28-12-18(24)27/h1-2,4-5,15H,3,6-12H2. The molecule has 2 saturated heterocycles. The number of likely N-dealkylation sites (tertiary alicyclic amines) is 1. The number of rotatable bonds is 4. The first kappa shape index (κ1) is 20.3. The Kier molecular flexibility index (Phi) is 6.02. The van der Waals surface area contributed by atoms with Crippen LogP contribution >= 0.6 is 0 Å². The van der Waals surface area contributed by atoms with Crippen LogP contribution in [0.3, 0.4) is 0 Å². The maximum absolute atomic E-state index is 12.6. The van der Waals surface area contributed by atoms with Gasteiger partial charge in [0.25, 0.3) is 11.8 Å². The summed E-state index contributed by atoms with van der Waals surface area (Å²) in [7, 11) is 0. The Morgan fingerprint density at radius 3 is 2.14 bits per heavy atom. The van der Waals surface area contributed by atoms with Gasteiger partial charge in [-0.1, -0.05) is 12.1 Å². The topological polar surface area (TPSA) is 66.9 Å². The van der Waals surface area contributed by atoms with Crippen molar-refractivity contribution in [2.75, 3.05) is 26.3 Å². The zero-order valence-electron chi connectivity index (χ0n) is 15.2. The quantitative estimate of drug-likeness (QED) is 0.728. The van der Waals surface area contributed by atoms with Gasteiger partial charge < -0.3 is 9.64 Å². The van der Waals surface area contributed by atoms with Crippen molar-refractivity contribution in [2.24, 2.45) is 0 Å². The molecule has 0 N–H and O–H groups in total. The fourth-order valence-corrected chi connectivity index (χ4v) is 3.55. The number of nitrogens with zero attached hydrogens (tertiary/aromatic N) is 2. The van der Waals surface area contributed by atoms with E-state index in [1.54, 1.807) is 4.90 Å². The average Bonchev–Trinajstić information content (AvgIpc) is 2.66. The Bertz CT molecular complexity index is 725. The van der Waals surface area contributed by atoms with E-state index in [9.17, 15) is 27.6 Å². The van der Waals surface area contributed by atoms with Crippen LogP contribution in [0.2, 0.25) is 0 Å². The highest BCUT2D eigenvalue weighted by Crippen LogP contribution is 2.29. The van der Waals surface area contributed by atoms with E-state index in [-0.39, 0.29) is 43.4 Å². The molecule has 0 saturated carbocycles. The van der Waals surface area contributed by atoms with Gasteiger partial charge in [-0.25, -0.2) is 0 Å². The van der Waals surface area contributed by atoms with Gasteiger partial charge in [0.2, 0.25) is 5.91 Å². The molecule has 152 valence electrons. The molecule has 3 rings (SSSR count). The molecule has 6 nitrogen and oxygen atoms in total. The van der Waals surface area contributed by atoms with Crippen LogP contribution in [0.25, 0.3) is 0 Å². The number of carbonyl (C=O) groups is 3. The third-order valence-corrected chi connectivity index (χ3v) is 5.08. The first-order valence-corrected chi connectivity index (χ1v) is 9.12. The lowest BCUT2D eigenvalue weighted by molar-refractivity contribution is -0.162. The zero-order chi connectivity index (χ0) is 20.3. The molecular weight excluding hydrogens is 377 g/mol. The number of halogens is 3. The van der Waals surface area contributed by atoms with E-state index in [4.69, 9.17) is 4.74 Å². The fraction of sp³-hybridized carbons (Fsp3) is 0.526. The van der Waals surface area contributed by atoms with E-state index in [2.05, 4.69) is 0 Å².